The highest BCUT2D eigenvalue weighted by Crippen LogP contribution is 2.15. The Kier molecular flexibility index (Phi) is 8.10. The molecule has 1 aliphatic heterocycles. The van der Waals surface area contributed by atoms with Gasteiger partial charge in [-0.25, -0.2) is 4.79 Å². The van der Waals surface area contributed by atoms with Crippen LogP contribution in [-0.4, -0.2) is 59.3 Å². The average Bonchev–Trinajstić information content (AvgIpc) is 2.67. The topological polar surface area (TPSA) is 82.4 Å². The highest BCUT2D eigenvalue weighted by atomic mass is 16.6. The van der Waals surface area contributed by atoms with Crippen LogP contribution in [0, 0.1) is 5.92 Å². The summed E-state index contributed by atoms with van der Waals surface area (Å²) in [5, 5.41) is 13.1. The number of carboxylic acid groups (broad SMARTS) is 1. The van der Waals surface area contributed by atoms with Crippen molar-refractivity contribution in [1.29, 1.82) is 0 Å². The first-order chi connectivity index (χ1) is 13.0. The molecule has 1 saturated heterocycles. The van der Waals surface area contributed by atoms with Crippen molar-refractivity contribution in [2.75, 3.05) is 26.7 Å². The zero-order chi connectivity index (χ0) is 19.6. The molecule has 0 unspecified atom stereocenters. The smallest absolute Gasteiger partial charge is 0.407 e. The van der Waals surface area contributed by atoms with E-state index < -0.39 is 6.09 Å². The van der Waals surface area contributed by atoms with Gasteiger partial charge < -0.3 is 19.7 Å². The average molecular weight is 375 g/mol. The summed E-state index contributed by atoms with van der Waals surface area (Å²) >= 11 is 0. The fourth-order valence-corrected chi connectivity index (χ4v) is 2.92. The summed E-state index contributed by atoms with van der Waals surface area (Å²) < 4.78 is 0. The molecular formula is C20H29N3O4. The molecule has 0 saturated carbocycles. The molecule has 2 amide bonds. The van der Waals surface area contributed by atoms with Crippen LogP contribution in [0.4, 0.5) is 4.79 Å². The molecule has 27 heavy (non-hydrogen) atoms. The highest BCUT2D eigenvalue weighted by molar-refractivity contribution is 5.87. The van der Waals surface area contributed by atoms with Crippen LogP contribution in [0.3, 0.4) is 0 Å². The molecule has 0 aliphatic carbocycles. The second kappa shape index (κ2) is 10.5. The van der Waals surface area contributed by atoms with E-state index in [1.165, 1.54) is 4.90 Å². The van der Waals surface area contributed by atoms with Crippen LogP contribution in [0.5, 0.6) is 0 Å². The highest BCUT2D eigenvalue weighted by Gasteiger charge is 2.22. The van der Waals surface area contributed by atoms with Crippen molar-refractivity contribution in [2.24, 2.45) is 11.1 Å². The Morgan fingerprint density at radius 1 is 1.26 bits per heavy atom. The second-order valence-corrected chi connectivity index (χ2v) is 7.10. The number of hydrogen-bond donors (Lipinski definition) is 1. The van der Waals surface area contributed by atoms with Crippen molar-refractivity contribution in [2.45, 2.75) is 39.2 Å². The maximum Gasteiger partial charge on any atom is 0.407 e. The zero-order valence-corrected chi connectivity index (χ0v) is 16.1. The lowest BCUT2D eigenvalue weighted by molar-refractivity contribution is -0.132. The molecule has 1 atom stereocenters. The van der Waals surface area contributed by atoms with E-state index in [9.17, 15) is 9.59 Å². The molecule has 1 N–H and O–H groups in total. The van der Waals surface area contributed by atoms with Crippen LogP contribution in [-0.2, 0) is 16.2 Å². The van der Waals surface area contributed by atoms with E-state index in [0.717, 1.165) is 24.1 Å². The van der Waals surface area contributed by atoms with Crippen molar-refractivity contribution in [3.8, 4) is 0 Å². The van der Waals surface area contributed by atoms with Crippen LogP contribution in [0.25, 0.3) is 0 Å². The van der Waals surface area contributed by atoms with Crippen molar-refractivity contribution >= 4 is 17.7 Å². The summed E-state index contributed by atoms with van der Waals surface area (Å²) in [6.07, 6.45) is 1.66. The van der Waals surface area contributed by atoms with Crippen LogP contribution in [0.15, 0.2) is 35.5 Å². The van der Waals surface area contributed by atoms with Gasteiger partial charge in [0.25, 0.3) is 0 Å². The first-order valence-corrected chi connectivity index (χ1v) is 9.39. The maximum atomic E-state index is 12.4. The van der Waals surface area contributed by atoms with Crippen LogP contribution < -0.4 is 0 Å². The Morgan fingerprint density at radius 2 is 1.93 bits per heavy atom. The summed E-state index contributed by atoms with van der Waals surface area (Å²) in [5.41, 5.74) is 2.07. The van der Waals surface area contributed by atoms with E-state index in [0.29, 0.717) is 39.1 Å². The monoisotopic (exact) mass is 375 g/mol. The van der Waals surface area contributed by atoms with Gasteiger partial charge >= 0.3 is 6.09 Å². The number of carbonyl (C=O) groups excluding carboxylic acids is 1. The molecule has 2 rings (SSSR count). The van der Waals surface area contributed by atoms with Gasteiger partial charge in [-0.2, -0.15) is 0 Å². The summed E-state index contributed by atoms with van der Waals surface area (Å²) in [6.45, 7) is 4.21. The normalized spacial score (nSPS) is 15.2. The van der Waals surface area contributed by atoms with Crippen LogP contribution in [0.2, 0.25) is 0 Å². The molecule has 1 heterocycles. The third kappa shape index (κ3) is 7.29. The second-order valence-electron chi connectivity index (χ2n) is 7.10. The third-order valence-corrected chi connectivity index (χ3v) is 4.77. The van der Waals surface area contributed by atoms with Gasteiger partial charge in [-0.3, -0.25) is 4.79 Å². The van der Waals surface area contributed by atoms with E-state index in [1.807, 2.05) is 42.2 Å². The maximum absolute atomic E-state index is 12.4. The fraction of sp³-hybridized carbons (Fsp3) is 0.550. The summed E-state index contributed by atoms with van der Waals surface area (Å²) in [6, 6.07) is 9.90. The summed E-state index contributed by atoms with van der Waals surface area (Å²) in [5.74, 6) is 0.285. The van der Waals surface area contributed by atoms with Crippen LogP contribution >= 0.6 is 0 Å². The molecule has 0 spiro atoms. The predicted molar refractivity (Wildman–Crippen MR) is 104 cm³/mol. The number of rotatable bonds is 8. The van der Waals surface area contributed by atoms with E-state index in [1.54, 1.807) is 7.05 Å². The van der Waals surface area contributed by atoms with Crippen LogP contribution in [0.1, 0.15) is 38.2 Å². The lowest BCUT2D eigenvalue weighted by Crippen LogP contribution is -2.39. The number of hydrogen-bond acceptors (Lipinski definition) is 4. The first kappa shape index (κ1) is 20.7. The zero-order valence-electron chi connectivity index (χ0n) is 16.1. The number of piperidine rings is 1. The van der Waals surface area contributed by atoms with E-state index in [2.05, 4.69) is 5.16 Å². The van der Waals surface area contributed by atoms with E-state index in [4.69, 9.17) is 9.94 Å². The van der Waals surface area contributed by atoms with Gasteiger partial charge in [0, 0.05) is 45.9 Å². The lowest BCUT2D eigenvalue weighted by atomic mass is 10.0. The van der Waals surface area contributed by atoms with Gasteiger partial charge in [-0.15, -0.1) is 0 Å². The molecule has 0 aromatic heterocycles. The Hall–Kier alpha value is -2.57. The molecule has 0 radical (unpaired) electrons. The number of amides is 2. The van der Waals surface area contributed by atoms with Crippen molar-refractivity contribution in [3.05, 3.63) is 35.9 Å². The summed E-state index contributed by atoms with van der Waals surface area (Å²) in [7, 11) is 1.54. The van der Waals surface area contributed by atoms with E-state index >= 15 is 0 Å². The number of likely N-dealkylation sites (tertiary alicyclic amines) is 1. The number of carbonyl (C=O) groups is 2. The summed E-state index contributed by atoms with van der Waals surface area (Å²) in [4.78, 5) is 31.8. The van der Waals surface area contributed by atoms with Crippen molar-refractivity contribution in [3.63, 3.8) is 0 Å². The Balaban J connectivity index is 1.67. The van der Waals surface area contributed by atoms with Gasteiger partial charge in [-0.1, -0.05) is 42.4 Å². The van der Waals surface area contributed by atoms with Gasteiger partial charge in [-0.05, 0) is 17.9 Å². The van der Waals surface area contributed by atoms with Gasteiger partial charge in [0.05, 0.1) is 5.71 Å². The SMILES string of the molecule is C[C@@H](CCN(C)C(=O)O)CC(=O)N1CCC(=NOCc2ccccc2)CC1. The molecule has 7 heteroatoms. The van der Waals surface area contributed by atoms with Gasteiger partial charge in [0.15, 0.2) is 0 Å². The fourth-order valence-electron chi connectivity index (χ4n) is 2.92. The van der Waals surface area contributed by atoms with Crippen molar-refractivity contribution < 1.29 is 19.5 Å². The number of benzene rings is 1. The molecule has 0 bridgehead atoms. The largest absolute Gasteiger partial charge is 0.465 e. The van der Waals surface area contributed by atoms with Crippen molar-refractivity contribution in [1.82, 2.24) is 9.80 Å². The Labute approximate surface area is 160 Å². The Morgan fingerprint density at radius 3 is 2.56 bits per heavy atom. The van der Waals surface area contributed by atoms with Gasteiger partial charge in [0.1, 0.15) is 6.61 Å². The molecular weight excluding hydrogens is 346 g/mol. The minimum absolute atomic E-state index is 0.129. The minimum Gasteiger partial charge on any atom is -0.465 e. The lowest BCUT2D eigenvalue weighted by Gasteiger charge is -2.28. The first-order valence-electron chi connectivity index (χ1n) is 9.39. The molecule has 1 aromatic carbocycles. The minimum atomic E-state index is -0.939. The number of nitrogens with zero attached hydrogens (tertiary/aromatic N) is 3. The van der Waals surface area contributed by atoms with E-state index in [-0.39, 0.29) is 11.8 Å². The Bertz CT molecular complexity index is 638. The molecule has 1 aromatic rings. The molecule has 1 aliphatic rings. The third-order valence-electron chi connectivity index (χ3n) is 4.77. The number of oxime groups is 1. The predicted octanol–water partition coefficient (Wildman–Crippen LogP) is 3.21. The molecule has 7 nitrogen and oxygen atoms in total. The molecule has 148 valence electrons. The molecule has 1 fully saturated rings. The quantitative estimate of drug-likeness (QED) is 0.707. The van der Waals surface area contributed by atoms with Gasteiger partial charge in [0.2, 0.25) is 5.91 Å². The standard InChI is InChI=1S/C20H29N3O4/c1-16(8-11-22(2)20(25)26)14-19(24)23-12-9-18(10-13-23)21-27-15-17-6-4-3-5-7-17/h3-7,16H,8-15H2,1-2H3,(H,25,26)/t16-/m0/s1.